The van der Waals surface area contributed by atoms with Crippen LogP contribution in [0.25, 0.3) is 0 Å². The largest absolute Gasteiger partial charge is 0.351 e. The van der Waals surface area contributed by atoms with Gasteiger partial charge < -0.3 is 14.7 Å². The highest BCUT2D eigenvalue weighted by Crippen LogP contribution is 2.40. The number of fused-ring (bicyclic) bond motifs is 1. The van der Waals surface area contributed by atoms with Crippen molar-refractivity contribution in [3.05, 3.63) is 36.5 Å². The van der Waals surface area contributed by atoms with Gasteiger partial charge in [-0.3, -0.25) is 4.79 Å². The zero-order valence-electron chi connectivity index (χ0n) is 18.6. The fourth-order valence-corrected chi connectivity index (χ4v) is 4.76. The molecule has 1 aliphatic heterocycles. The third-order valence-electron chi connectivity index (χ3n) is 6.34. The molecule has 2 aromatic rings. The quantitative estimate of drug-likeness (QED) is 0.714. The van der Waals surface area contributed by atoms with Crippen LogP contribution in [0.2, 0.25) is 0 Å². The summed E-state index contributed by atoms with van der Waals surface area (Å²) in [6, 6.07) is 10.7. The van der Waals surface area contributed by atoms with Gasteiger partial charge in [-0.25, -0.2) is 4.98 Å². The van der Waals surface area contributed by atoms with Gasteiger partial charge >= 0.3 is 0 Å². The van der Waals surface area contributed by atoms with Gasteiger partial charge in [0.05, 0.1) is 11.6 Å². The zero-order chi connectivity index (χ0) is 21.3. The third kappa shape index (κ3) is 3.75. The van der Waals surface area contributed by atoms with Crippen molar-refractivity contribution in [2.75, 3.05) is 34.8 Å². The molecule has 2 aliphatic rings. The maximum Gasteiger partial charge on any atom is 0.234 e. The predicted octanol–water partition coefficient (Wildman–Crippen LogP) is 4.78. The van der Waals surface area contributed by atoms with E-state index in [1.807, 2.05) is 45.3 Å². The first-order chi connectivity index (χ1) is 14.4. The van der Waals surface area contributed by atoms with E-state index in [4.69, 9.17) is 9.97 Å². The SMILES string of the molecule is CCCN(c1ccccc1)c1ncc2c(n1)N(C1CCCC1)CC(C)(C)C(=O)N2C. The zero-order valence-corrected chi connectivity index (χ0v) is 18.6. The van der Waals surface area contributed by atoms with E-state index >= 15 is 0 Å². The molecule has 1 saturated carbocycles. The predicted molar refractivity (Wildman–Crippen MR) is 123 cm³/mol. The molecule has 0 unspecified atom stereocenters. The van der Waals surface area contributed by atoms with Gasteiger partial charge in [-0.1, -0.05) is 38.0 Å². The van der Waals surface area contributed by atoms with Crippen LogP contribution in [0.15, 0.2) is 36.5 Å². The van der Waals surface area contributed by atoms with E-state index in [0.29, 0.717) is 18.5 Å². The molecule has 1 fully saturated rings. The Morgan fingerprint density at radius 1 is 1.17 bits per heavy atom. The number of hydrogen-bond donors (Lipinski definition) is 0. The lowest BCUT2D eigenvalue weighted by Gasteiger charge is -2.34. The van der Waals surface area contributed by atoms with E-state index in [1.165, 1.54) is 12.8 Å². The minimum absolute atomic E-state index is 0.120. The molecule has 0 atom stereocenters. The maximum absolute atomic E-state index is 13.2. The Kier molecular flexibility index (Phi) is 5.67. The highest BCUT2D eigenvalue weighted by atomic mass is 16.2. The van der Waals surface area contributed by atoms with Gasteiger partial charge in [-0.15, -0.1) is 0 Å². The molecule has 1 aliphatic carbocycles. The van der Waals surface area contributed by atoms with Gasteiger partial charge in [0.15, 0.2) is 5.82 Å². The Hall–Kier alpha value is -2.63. The normalized spacial score (nSPS) is 19.0. The van der Waals surface area contributed by atoms with E-state index < -0.39 is 5.41 Å². The van der Waals surface area contributed by atoms with Crippen LogP contribution in [0.1, 0.15) is 52.9 Å². The summed E-state index contributed by atoms with van der Waals surface area (Å²) < 4.78 is 0. The number of para-hydroxylation sites is 1. The molecule has 6 nitrogen and oxygen atoms in total. The molecule has 1 aromatic carbocycles. The Morgan fingerprint density at radius 2 is 1.87 bits per heavy atom. The highest BCUT2D eigenvalue weighted by Gasteiger charge is 2.41. The van der Waals surface area contributed by atoms with Crippen molar-refractivity contribution < 1.29 is 4.79 Å². The highest BCUT2D eigenvalue weighted by molar-refractivity contribution is 6.00. The van der Waals surface area contributed by atoms with Crippen molar-refractivity contribution in [2.45, 2.75) is 58.9 Å². The van der Waals surface area contributed by atoms with Crippen LogP contribution in [0, 0.1) is 5.41 Å². The number of rotatable bonds is 5. The summed E-state index contributed by atoms with van der Waals surface area (Å²) in [5, 5.41) is 0. The number of amides is 1. The molecule has 1 aromatic heterocycles. The number of hydrogen-bond acceptors (Lipinski definition) is 5. The Morgan fingerprint density at radius 3 is 2.53 bits per heavy atom. The first-order valence-corrected chi connectivity index (χ1v) is 11.2. The van der Waals surface area contributed by atoms with E-state index in [1.54, 1.807) is 4.90 Å². The minimum atomic E-state index is -0.471. The molecule has 0 spiro atoms. The summed E-state index contributed by atoms with van der Waals surface area (Å²) in [6.07, 6.45) is 7.63. The van der Waals surface area contributed by atoms with Crippen LogP contribution in [0.5, 0.6) is 0 Å². The van der Waals surface area contributed by atoms with Gasteiger partial charge in [0.2, 0.25) is 11.9 Å². The molecule has 0 N–H and O–H groups in total. The number of carbonyl (C=O) groups excluding carboxylic acids is 1. The molecule has 0 bridgehead atoms. The Labute approximate surface area is 179 Å². The molecular formula is C24H33N5O. The lowest BCUT2D eigenvalue weighted by molar-refractivity contribution is -0.125. The van der Waals surface area contributed by atoms with E-state index in [9.17, 15) is 4.79 Å². The molecule has 0 saturated heterocycles. The number of anilines is 4. The molecular weight excluding hydrogens is 374 g/mol. The second kappa shape index (κ2) is 8.25. The van der Waals surface area contributed by atoms with Gasteiger partial charge in [0.25, 0.3) is 0 Å². The molecule has 4 rings (SSSR count). The first kappa shape index (κ1) is 20.6. The van der Waals surface area contributed by atoms with Gasteiger partial charge in [0.1, 0.15) is 5.69 Å². The van der Waals surface area contributed by atoms with Gasteiger partial charge in [-0.2, -0.15) is 4.98 Å². The lowest BCUT2D eigenvalue weighted by Crippen LogP contribution is -2.45. The third-order valence-corrected chi connectivity index (χ3v) is 6.34. The fourth-order valence-electron chi connectivity index (χ4n) is 4.76. The van der Waals surface area contributed by atoms with Crippen molar-refractivity contribution in [3.63, 3.8) is 0 Å². The average molecular weight is 408 g/mol. The van der Waals surface area contributed by atoms with Crippen LogP contribution >= 0.6 is 0 Å². The summed E-state index contributed by atoms with van der Waals surface area (Å²) in [7, 11) is 1.85. The van der Waals surface area contributed by atoms with Crippen LogP contribution in [-0.2, 0) is 4.79 Å². The summed E-state index contributed by atoms with van der Waals surface area (Å²) in [6.45, 7) is 7.78. The van der Waals surface area contributed by atoms with Crippen LogP contribution in [0.4, 0.5) is 23.1 Å². The summed E-state index contributed by atoms with van der Waals surface area (Å²) in [5.41, 5.74) is 1.43. The number of carbonyl (C=O) groups is 1. The van der Waals surface area contributed by atoms with Crippen LogP contribution in [0.3, 0.4) is 0 Å². The topological polar surface area (TPSA) is 52.6 Å². The number of benzene rings is 1. The lowest BCUT2D eigenvalue weighted by atomic mass is 9.91. The summed E-state index contributed by atoms with van der Waals surface area (Å²) >= 11 is 0. The smallest absolute Gasteiger partial charge is 0.234 e. The van der Waals surface area contributed by atoms with Crippen LogP contribution in [-0.4, -0.2) is 42.1 Å². The van der Waals surface area contributed by atoms with Gasteiger partial charge in [-0.05, 0) is 45.2 Å². The van der Waals surface area contributed by atoms with Crippen molar-refractivity contribution in [3.8, 4) is 0 Å². The second-order valence-electron chi connectivity index (χ2n) is 9.18. The molecule has 0 radical (unpaired) electrons. The maximum atomic E-state index is 13.2. The van der Waals surface area contributed by atoms with Crippen molar-refractivity contribution in [1.82, 2.24) is 9.97 Å². The van der Waals surface area contributed by atoms with E-state index in [2.05, 4.69) is 28.9 Å². The fraction of sp³-hybridized carbons (Fsp3) is 0.542. The van der Waals surface area contributed by atoms with Crippen LogP contribution < -0.4 is 14.7 Å². The molecule has 2 heterocycles. The molecule has 160 valence electrons. The van der Waals surface area contributed by atoms with Crippen molar-refractivity contribution in [2.24, 2.45) is 5.41 Å². The van der Waals surface area contributed by atoms with Crippen molar-refractivity contribution in [1.29, 1.82) is 0 Å². The second-order valence-corrected chi connectivity index (χ2v) is 9.18. The first-order valence-electron chi connectivity index (χ1n) is 11.2. The monoisotopic (exact) mass is 407 g/mol. The summed E-state index contributed by atoms with van der Waals surface area (Å²) in [5.74, 6) is 1.71. The summed E-state index contributed by atoms with van der Waals surface area (Å²) in [4.78, 5) is 29.3. The van der Waals surface area contributed by atoms with E-state index in [-0.39, 0.29) is 5.91 Å². The van der Waals surface area contributed by atoms with Crippen molar-refractivity contribution >= 4 is 29.0 Å². The minimum Gasteiger partial charge on any atom is -0.351 e. The number of aromatic nitrogens is 2. The Bertz CT molecular complexity index is 892. The standard InChI is InChI=1S/C24H33N5O/c1-5-15-28(18-11-7-6-8-12-18)23-25-16-20-21(26-23)29(19-13-9-10-14-19)17-24(2,3)22(30)27(20)4/h6-8,11-12,16,19H,5,9-10,13-15,17H2,1-4H3. The average Bonchev–Trinajstić information content (AvgIpc) is 3.27. The Balaban J connectivity index is 1.82. The molecule has 1 amide bonds. The molecule has 30 heavy (non-hydrogen) atoms. The number of nitrogens with zero attached hydrogens (tertiary/aromatic N) is 5. The van der Waals surface area contributed by atoms with E-state index in [0.717, 1.165) is 43.0 Å². The van der Waals surface area contributed by atoms with Gasteiger partial charge in [0, 0.05) is 31.9 Å². The molecule has 6 heteroatoms.